The van der Waals surface area contributed by atoms with Gasteiger partial charge in [-0.15, -0.1) is 0 Å². The lowest BCUT2D eigenvalue weighted by atomic mass is 10.0. The van der Waals surface area contributed by atoms with E-state index in [1.165, 1.54) is 5.56 Å². The Hall–Kier alpha value is -1.32. The van der Waals surface area contributed by atoms with Gasteiger partial charge in [0.05, 0.1) is 0 Å². The molecule has 21 heavy (non-hydrogen) atoms. The number of ether oxygens (including phenoxy) is 1. The Balaban J connectivity index is 2.15. The second-order valence-corrected chi connectivity index (χ2v) is 6.27. The Labute approximate surface area is 135 Å². The van der Waals surface area contributed by atoms with E-state index in [-0.39, 0.29) is 6.04 Å². The molecule has 2 aromatic rings. The first-order valence-corrected chi connectivity index (χ1v) is 8.10. The molecule has 0 saturated carbocycles. The first kappa shape index (κ1) is 16.1. The summed E-state index contributed by atoms with van der Waals surface area (Å²) in [6, 6.07) is 14.6. The number of halogens is 1. The molecule has 0 heterocycles. The zero-order valence-electron chi connectivity index (χ0n) is 12.6. The van der Waals surface area contributed by atoms with Crippen LogP contribution in [0.15, 0.2) is 46.9 Å². The Morgan fingerprint density at radius 1 is 1.19 bits per heavy atom. The van der Waals surface area contributed by atoms with Crippen molar-refractivity contribution >= 4 is 15.9 Å². The van der Waals surface area contributed by atoms with Gasteiger partial charge in [0.15, 0.2) is 0 Å². The van der Waals surface area contributed by atoms with Gasteiger partial charge in [0.1, 0.15) is 12.4 Å². The number of hydrogen-bond donors (Lipinski definition) is 1. The molecule has 112 valence electrons. The van der Waals surface area contributed by atoms with Crippen LogP contribution in [-0.2, 0) is 13.0 Å². The van der Waals surface area contributed by atoms with E-state index in [9.17, 15) is 0 Å². The van der Waals surface area contributed by atoms with Crippen molar-refractivity contribution in [2.24, 2.45) is 5.73 Å². The van der Waals surface area contributed by atoms with Crippen LogP contribution in [0.1, 0.15) is 30.0 Å². The lowest BCUT2D eigenvalue weighted by Crippen LogP contribution is -2.21. The van der Waals surface area contributed by atoms with Crippen LogP contribution in [0.25, 0.3) is 0 Å². The minimum absolute atomic E-state index is 0.181. The van der Waals surface area contributed by atoms with Crippen LogP contribution < -0.4 is 10.5 Å². The van der Waals surface area contributed by atoms with Gasteiger partial charge in [0.2, 0.25) is 0 Å². The van der Waals surface area contributed by atoms with Gasteiger partial charge >= 0.3 is 0 Å². The SMILES string of the molecule is CCC(N)Cc1cccc(C)c1OCc1cccc(Br)c1. The second kappa shape index (κ2) is 7.62. The third kappa shape index (κ3) is 4.58. The van der Waals surface area contributed by atoms with Crippen molar-refractivity contribution in [1.82, 2.24) is 0 Å². The van der Waals surface area contributed by atoms with Crippen LogP contribution >= 0.6 is 15.9 Å². The number of para-hydroxylation sites is 1. The smallest absolute Gasteiger partial charge is 0.125 e. The molecule has 0 spiro atoms. The zero-order chi connectivity index (χ0) is 15.2. The molecule has 2 N–H and O–H groups in total. The Bertz CT molecular complexity index is 598. The molecule has 0 fully saturated rings. The second-order valence-electron chi connectivity index (χ2n) is 5.35. The number of aryl methyl sites for hydroxylation is 1. The van der Waals surface area contributed by atoms with E-state index in [2.05, 4.69) is 60.1 Å². The molecule has 3 heteroatoms. The maximum Gasteiger partial charge on any atom is 0.125 e. The van der Waals surface area contributed by atoms with Crippen molar-refractivity contribution in [2.45, 2.75) is 39.3 Å². The van der Waals surface area contributed by atoms with E-state index >= 15 is 0 Å². The standard InChI is InChI=1S/C18H22BrNO/c1-3-17(20)11-15-8-4-6-13(2)18(15)21-12-14-7-5-9-16(19)10-14/h4-10,17H,3,11-12,20H2,1-2H3. The largest absolute Gasteiger partial charge is 0.488 e. The van der Waals surface area contributed by atoms with Crippen molar-refractivity contribution in [1.29, 1.82) is 0 Å². The van der Waals surface area contributed by atoms with Gasteiger partial charge in [-0.2, -0.15) is 0 Å². The first-order chi connectivity index (χ1) is 10.1. The van der Waals surface area contributed by atoms with Crippen LogP contribution in [0.3, 0.4) is 0 Å². The predicted molar refractivity (Wildman–Crippen MR) is 91.6 cm³/mol. The fourth-order valence-electron chi connectivity index (χ4n) is 2.29. The van der Waals surface area contributed by atoms with Crippen molar-refractivity contribution < 1.29 is 4.74 Å². The van der Waals surface area contributed by atoms with Crippen molar-refractivity contribution in [2.75, 3.05) is 0 Å². The van der Waals surface area contributed by atoms with Crippen LogP contribution in [-0.4, -0.2) is 6.04 Å². The van der Waals surface area contributed by atoms with E-state index in [0.29, 0.717) is 6.61 Å². The van der Waals surface area contributed by atoms with Crippen LogP contribution in [0.4, 0.5) is 0 Å². The van der Waals surface area contributed by atoms with E-state index in [1.807, 2.05) is 12.1 Å². The number of nitrogens with two attached hydrogens (primary N) is 1. The van der Waals surface area contributed by atoms with Gasteiger partial charge in [-0.25, -0.2) is 0 Å². The summed E-state index contributed by atoms with van der Waals surface area (Å²) in [7, 11) is 0. The Kier molecular flexibility index (Phi) is 5.83. The third-order valence-electron chi connectivity index (χ3n) is 3.57. The maximum atomic E-state index is 6.09. The quantitative estimate of drug-likeness (QED) is 0.827. The summed E-state index contributed by atoms with van der Waals surface area (Å²) >= 11 is 3.49. The highest BCUT2D eigenvalue weighted by atomic mass is 79.9. The lowest BCUT2D eigenvalue weighted by Gasteiger charge is -2.16. The highest BCUT2D eigenvalue weighted by Crippen LogP contribution is 2.26. The molecular weight excluding hydrogens is 326 g/mol. The van der Waals surface area contributed by atoms with Gasteiger partial charge in [-0.3, -0.25) is 0 Å². The summed E-state index contributed by atoms with van der Waals surface area (Å²) in [6.07, 6.45) is 1.82. The first-order valence-electron chi connectivity index (χ1n) is 7.31. The molecule has 0 bridgehead atoms. The molecule has 0 aliphatic heterocycles. The summed E-state index contributed by atoms with van der Waals surface area (Å²) in [5, 5.41) is 0. The molecular formula is C18H22BrNO. The molecule has 2 rings (SSSR count). The average molecular weight is 348 g/mol. The number of hydrogen-bond acceptors (Lipinski definition) is 2. The monoisotopic (exact) mass is 347 g/mol. The van der Waals surface area contributed by atoms with E-state index < -0.39 is 0 Å². The summed E-state index contributed by atoms with van der Waals surface area (Å²) in [6.45, 7) is 4.76. The van der Waals surface area contributed by atoms with E-state index in [4.69, 9.17) is 10.5 Å². The minimum atomic E-state index is 0.181. The fourth-order valence-corrected chi connectivity index (χ4v) is 2.74. The zero-order valence-corrected chi connectivity index (χ0v) is 14.2. The molecule has 0 aliphatic carbocycles. The molecule has 0 amide bonds. The van der Waals surface area contributed by atoms with Crippen molar-refractivity contribution in [3.8, 4) is 5.75 Å². The molecule has 1 unspecified atom stereocenters. The fraction of sp³-hybridized carbons (Fsp3) is 0.333. The Morgan fingerprint density at radius 2 is 1.95 bits per heavy atom. The third-order valence-corrected chi connectivity index (χ3v) is 4.07. The molecule has 2 nitrogen and oxygen atoms in total. The van der Waals surface area contributed by atoms with E-state index in [0.717, 1.165) is 34.2 Å². The van der Waals surface area contributed by atoms with Crippen LogP contribution in [0.2, 0.25) is 0 Å². The van der Waals surface area contributed by atoms with Gasteiger partial charge < -0.3 is 10.5 Å². The average Bonchev–Trinajstić information content (AvgIpc) is 2.46. The van der Waals surface area contributed by atoms with Gasteiger partial charge in [-0.1, -0.05) is 53.2 Å². The molecule has 1 atom stereocenters. The summed E-state index contributed by atoms with van der Waals surface area (Å²) < 4.78 is 7.15. The highest BCUT2D eigenvalue weighted by molar-refractivity contribution is 9.10. The number of rotatable bonds is 6. The van der Waals surface area contributed by atoms with E-state index in [1.54, 1.807) is 0 Å². The van der Waals surface area contributed by atoms with Crippen molar-refractivity contribution in [3.63, 3.8) is 0 Å². The maximum absolute atomic E-state index is 6.09. The highest BCUT2D eigenvalue weighted by Gasteiger charge is 2.10. The van der Waals surface area contributed by atoms with Gasteiger partial charge in [0.25, 0.3) is 0 Å². The summed E-state index contributed by atoms with van der Waals surface area (Å²) in [5.74, 6) is 0.973. The minimum Gasteiger partial charge on any atom is -0.488 e. The van der Waals surface area contributed by atoms with Crippen molar-refractivity contribution in [3.05, 3.63) is 63.6 Å². The molecule has 0 aliphatic rings. The topological polar surface area (TPSA) is 35.2 Å². The van der Waals surface area contributed by atoms with Gasteiger partial charge in [0, 0.05) is 10.5 Å². The van der Waals surface area contributed by atoms with Crippen LogP contribution in [0, 0.1) is 6.92 Å². The molecule has 2 aromatic carbocycles. The predicted octanol–water partition coefficient (Wildman–Crippen LogP) is 4.62. The normalized spacial score (nSPS) is 12.2. The van der Waals surface area contributed by atoms with Gasteiger partial charge in [-0.05, 0) is 48.6 Å². The summed E-state index contributed by atoms with van der Waals surface area (Å²) in [5.41, 5.74) is 9.59. The molecule has 0 aromatic heterocycles. The summed E-state index contributed by atoms with van der Waals surface area (Å²) in [4.78, 5) is 0. The lowest BCUT2D eigenvalue weighted by molar-refractivity contribution is 0.300. The Morgan fingerprint density at radius 3 is 2.67 bits per heavy atom. The van der Waals surface area contributed by atoms with Crippen LogP contribution in [0.5, 0.6) is 5.75 Å². The number of benzene rings is 2. The molecule has 0 saturated heterocycles. The molecule has 0 radical (unpaired) electrons.